The first kappa shape index (κ1) is 55.9. The minimum atomic E-state index is -0.570. The van der Waals surface area contributed by atoms with Gasteiger partial charge in [-0.05, 0) is 74.1 Å². The topological polar surface area (TPSA) is 227 Å². The van der Waals surface area contributed by atoms with Gasteiger partial charge in [-0.25, -0.2) is 0 Å². The van der Waals surface area contributed by atoms with Crippen LogP contribution in [0.2, 0.25) is 0 Å². The Bertz CT molecular complexity index is 2980. The lowest BCUT2D eigenvalue weighted by Crippen LogP contribution is -2.42. The van der Waals surface area contributed by atoms with Gasteiger partial charge in [-0.15, -0.1) is 18.9 Å². The van der Waals surface area contributed by atoms with E-state index in [4.69, 9.17) is 31.6 Å². The van der Waals surface area contributed by atoms with E-state index in [1.165, 1.54) is 106 Å². The van der Waals surface area contributed by atoms with Crippen LogP contribution < -0.4 is 52.2 Å². The summed E-state index contributed by atoms with van der Waals surface area (Å²) in [5.74, 6) is -2.09. The van der Waals surface area contributed by atoms with E-state index in [2.05, 4.69) is 10.6 Å². The number of hydrogen-bond acceptors (Lipinski definition) is 13. The van der Waals surface area contributed by atoms with E-state index in [9.17, 15) is 38.4 Å². The van der Waals surface area contributed by atoms with Crippen molar-refractivity contribution in [1.29, 1.82) is 0 Å². The Labute approximate surface area is 427 Å². The maximum absolute atomic E-state index is 14.4. The number of carbonyl (C=O) groups is 4. The molecule has 0 aliphatic carbocycles. The summed E-state index contributed by atoms with van der Waals surface area (Å²) >= 11 is 5.56. The van der Waals surface area contributed by atoms with Gasteiger partial charge in [0.2, 0.25) is 0 Å². The summed E-state index contributed by atoms with van der Waals surface area (Å²) in [7, 11) is 5.09. The van der Waals surface area contributed by atoms with E-state index in [1.54, 1.807) is 9.80 Å². The molecule has 73 heavy (non-hydrogen) atoms. The predicted octanol–water partition coefficient (Wildman–Crippen LogP) is 2.31. The monoisotopic (exact) mass is 1030 g/mol. The molecule has 0 bridgehead atoms. The summed E-state index contributed by atoms with van der Waals surface area (Å²) in [6, 6.07) is 24.4. The van der Waals surface area contributed by atoms with Crippen molar-refractivity contribution in [2.45, 2.75) is 52.9 Å². The Morgan fingerprint density at radius 1 is 0.493 bits per heavy atom. The maximum Gasteiger partial charge on any atom is 0.283 e. The van der Waals surface area contributed by atoms with Crippen LogP contribution in [0.3, 0.4) is 0 Å². The van der Waals surface area contributed by atoms with Crippen molar-refractivity contribution in [2.75, 3.05) is 79.6 Å². The van der Waals surface area contributed by atoms with Gasteiger partial charge < -0.3 is 44.7 Å². The molecule has 4 heterocycles. The average Bonchev–Trinajstić information content (AvgIpc) is 3.37. The maximum atomic E-state index is 14.4. The highest BCUT2D eigenvalue weighted by molar-refractivity contribution is 7.80. The molecule has 0 aliphatic heterocycles. The third kappa shape index (κ3) is 14.8. The zero-order chi connectivity index (χ0) is 53.2. The predicted molar refractivity (Wildman–Crippen MR) is 277 cm³/mol. The summed E-state index contributed by atoms with van der Waals surface area (Å²) in [4.78, 5) is 132. The highest BCUT2D eigenvalue weighted by Gasteiger charge is 2.25. The Hall–Kier alpha value is -8.01. The van der Waals surface area contributed by atoms with E-state index in [0.29, 0.717) is 24.3 Å². The number of carbonyl (C=O) groups excluding carboxylic acids is 4. The summed E-state index contributed by atoms with van der Waals surface area (Å²) in [6.07, 6.45) is 1.68. The van der Waals surface area contributed by atoms with Crippen LogP contribution in [0, 0.1) is 5.41 Å². The first-order valence-corrected chi connectivity index (χ1v) is 24.0. The minimum Gasteiger partial charge on any atom is -0.413 e. The van der Waals surface area contributed by atoms with Gasteiger partial charge in [0.25, 0.3) is 45.9 Å². The highest BCUT2D eigenvalue weighted by atomic mass is 32.1. The number of unbranched alkanes of at least 4 members (excludes halogenated alkanes) is 1. The van der Waals surface area contributed by atoms with Crippen molar-refractivity contribution in [3.05, 3.63) is 167 Å². The van der Waals surface area contributed by atoms with Gasteiger partial charge in [0.1, 0.15) is 51.2 Å². The molecule has 0 aliphatic rings. The first-order valence-electron chi connectivity index (χ1n) is 23.6. The van der Waals surface area contributed by atoms with Crippen molar-refractivity contribution >= 4 is 46.5 Å². The van der Waals surface area contributed by atoms with Gasteiger partial charge in [-0.2, -0.15) is 0 Å². The van der Waals surface area contributed by atoms with E-state index in [0.717, 1.165) is 30.2 Å². The number of thiocarbonyl (C=S) groups is 1. The van der Waals surface area contributed by atoms with E-state index in [1.807, 2.05) is 45.0 Å². The summed E-state index contributed by atoms with van der Waals surface area (Å²) in [5.41, 5.74) is -0.702. The molecule has 0 saturated heterocycles. The van der Waals surface area contributed by atoms with Crippen molar-refractivity contribution in [3.8, 4) is 0 Å². The van der Waals surface area contributed by atoms with Crippen molar-refractivity contribution in [3.63, 3.8) is 0 Å². The highest BCUT2D eigenvalue weighted by Crippen LogP contribution is 2.20. The fourth-order valence-corrected chi connectivity index (χ4v) is 7.80. The molecule has 4 amide bonds. The first-order chi connectivity index (χ1) is 34.9. The van der Waals surface area contributed by atoms with Crippen molar-refractivity contribution in [2.24, 2.45) is 5.41 Å². The molecule has 22 heteroatoms. The molecule has 0 unspecified atom stereocenters. The van der Waals surface area contributed by atoms with Gasteiger partial charge in [-0.1, -0.05) is 69.4 Å². The molecule has 0 fully saturated rings. The molecule has 4 aromatic heterocycles. The number of amides is 4. The Morgan fingerprint density at radius 2 is 0.849 bits per heavy atom. The number of anilines is 1. The summed E-state index contributed by atoms with van der Waals surface area (Å²) in [5, 5.41) is 6.01. The van der Waals surface area contributed by atoms with Gasteiger partial charge in [0.15, 0.2) is 0 Å². The zero-order valence-corrected chi connectivity index (χ0v) is 43.0. The lowest BCUT2D eigenvalue weighted by atomic mass is 9.96. The third-order valence-electron chi connectivity index (χ3n) is 11.5. The fourth-order valence-electron chi connectivity index (χ4n) is 7.69. The fraction of sp³-hybridized carbons (Fsp3) is 0.392. The van der Waals surface area contributed by atoms with Gasteiger partial charge in [-0.3, -0.25) is 38.4 Å². The van der Waals surface area contributed by atoms with Crippen molar-refractivity contribution < 1.29 is 38.5 Å². The quantitative estimate of drug-likeness (QED) is 0.0633. The number of nitrogens with one attached hydrogen (secondary N) is 2. The standard InChI is InChI=1S/C51H63N9O12S/c1-51(2,3)50(73)53-37-26-24-36(25-27-37)28-35-56(49(68)41-19-13-23-45(64)60(41)72-7)34-15-33-55(48(67)40-18-12-22-44(63)59(40)71-6)31-9-8-30-54(47(66)39-17-11-21-43(62)58(39)70-5)32-14-29-52-46(65)38-16-10-20-42(61)57(38)69-4/h10-13,16-27H,8-9,14-15,28-35H2,1-7H3,(H,52,65)(H,53,73). The van der Waals surface area contributed by atoms with Crippen LogP contribution in [0.5, 0.6) is 0 Å². The summed E-state index contributed by atoms with van der Waals surface area (Å²) < 4.78 is 3.55. The smallest absolute Gasteiger partial charge is 0.283 e. The van der Waals surface area contributed by atoms with Crippen LogP contribution in [0.25, 0.3) is 0 Å². The van der Waals surface area contributed by atoms with E-state index < -0.39 is 45.9 Å². The molecular weight excluding hydrogens is 963 g/mol. The molecule has 5 aromatic rings. The Balaban J connectivity index is 1.34. The number of nitrogens with zero attached hydrogens (tertiary/aromatic N) is 7. The van der Waals surface area contributed by atoms with Crippen molar-refractivity contribution in [1.82, 2.24) is 38.9 Å². The molecule has 5 rings (SSSR count). The normalized spacial score (nSPS) is 11.0. The number of hydrogen-bond donors (Lipinski definition) is 2. The molecule has 0 spiro atoms. The second-order valence-electron chi connectivity index (χ2n) is 17.6. The molecule has 390 valence electrons. The largest absolute Gasteiger partial charge is 0.413 e. The summed E-state index contributed by atoms with van der Waals surface area (Å²) in [6.45, 7) is 7.09. The number of benzene rings is 1. The molecular formula is C51H63N9O12S. The molecule has 1 aromatic carbocycles. The lowest BCUT2D eigenvalue weighted by Gasteiger charge is -2.28. The Morgan fingerprint density at radius 3 is 1.25 bits per heavy atom. The molecule has 0 atom stereocenters. The van der Waals surface area contributed by atoms with Crippen LogP contribution in [0.4, 0.5) is 5.69 Å². The molecule has 21 nitrogen and oxygen atoms in total. The molecule has 0 saturated carbocycles. The third-order valence-corrected chi connectivity index (χ3v) is 12.3. The minimum absolute atomic E-state index is 0.0133. The van der Waals surface area contributed by atoms with Crippen LogP contribution in [-0.2, 0) is 6.42 Å². The van der Waals surface area contributed by atoms with Gasteiger partial charge >= 0.3 is 0 Å². The van der Waals surface area contributed by atoms with Gasteiger partial charge in [0, 0.05) is 81.2 Å². The van der Waals surface area contributed by atoms with Crippen LogP contribution in [-0.4, -0.2) is 136 Å². The SMILES string of the molecule is COn1c(C(=O)NCCCN(CCCCN(CCCN(CCc2ccc(NC(=S)C(C)(C)C)cc2)C(=O)c2cccc(=O)n2OC)C(=O)c2cccc(=O)n2OC)C(=O)c2cccc(=O)n2OC)cccc1=O. The second-order valence-corrected chi connectivity index (χ2v) is 18.0. The lowest BCUT2D eigenvalue weighted by molar-refractivity contribution is 0.0632. The zero-order valence-electron chi connectivity index (χ0n) is 42.2. The van der Waals surface area contributed by atoms with Crippen LogP contribution >= 0.6 is 12.2 Å². The second kappa shape index (κ2) is 26.4. The number of pyridine rings is 4. The van der Waals surface area contributed by atoms with Gasteiger partial charge in [0.05, 0.1) is 4.99 Å². The molecule has 2 N–H and O–H groups in total. The average molecular weight is 1030 g/mol. The van der Waals surface area contributed by atoms with Crippen LogP contribution in [0.1, 0.15) is 94.0 Å². The molecule has 0 radical (unpaired) electrons. The van der Waals surface area contributed by atoms with E-state index >= 15 is 0 Å². The van der Waals surface area contributed by atoms with E-state index in [-0.39, 0.29) is 86.8 Å². The Kier molecular flexibility index (Phi) is 20.3. The number of aromatic nitrogens is 4. The number of rotatable bonds is 25. The van der Waals surface area contributed by atoms with Crippen LogP contribution in [0.15, 0.2) is 116 Å².